The van der Waals surface area contributed by atoms with Crippen LogP contribution >= 0.6 is 11.8 Å². The summed E-state index contributed by atoms with van der Waals surface area (Å²) in [7, 11) is 0. The highest BCUT2D eigenvalue weighted by Gasteiger charge is 2.41. The third kappa shape index (κ3) is 2.29. The molecule has 3 heteroatoms. The van der Waals surface area contributed by atoms with Crippen molar-refractivity contribution in [3.63, 3.8) is 0 Å². The van der Waals surface area contributed by atoms with Gasteiger partial charge in [0.2, 0.25) is 0 Å². The van der Waals surface area contributed by atoms with Crippen molar-refractivity contribution in [2.24, 2.45) is 0 Å². The van der Waals surface area contributed by atoms with Gasteiger partial charge in [0, 0.05) is 16.7 Å². The predicted molar refractivity (Wildman–Crippen MR) is 78.1 cm³/mol. The van der Waals surface area contributed by atoms with Gasteiger partial charge in [-0.3, -0.25) is 0 Å². The Balaban J connectivity index is 1.69. The summed E-state index contributed by atoms with van der Waals surface area (Å²) in [6.07, 6.45) is 4.89. The van der Waals surface area contributed by atoms with Gasteiger partial charge in [-0.1, -0.05) is 18.2 Å². The normalized spacial score (nSPS) is 19.0. The molecular formula is C15H19NOS. The van der Waals surface area contributed by atoms with Crippen molar-refractivity contribution in [1.82, 2.24) is 5.32 Å². The van der Waals surface area contributed by atoms with Crippen LogP contribution < -0.4 is 5.32 Å². The summed E-state index contributed by atoms with van der Waals surface area (Å²) < 4.78 is 6.38. The second-order valence-electron chi connectivity index (χ2n) is 5.18. The molecule has 1 heterocycles. The zero-order chi connectivity index (χ0) is 12.6. The van der Waals surface area contributed by atoms with Crippen molar-refractivity contribution in [1.29, 1.82) is 0 Å². The zero-order valence-corrected chi connectivity index (χ0v) is 11.7. The molecule has 1 atom stereocenters. The lowest BCUT2D eigenvalue weighted by atomic mass is 10.2. The summed E-state index contributed by atoms with van der Waals surface area (Å²) in [5.41, 5.74) is 0.979. The number of fused-ring (bicyclic) bond motifs is 1. The topological polar surface area (TPSA) is 25.2 Å². The summed E-state index contributed by atoms with van der Waals surface area (Å²) in [4.78, 5) is 0. The summed E-state index contributed by atoms with van der Waals surface area (Å²) in [5.74, 6) is 1.04. The highest BCUT2D eigenvalue weighted by atomic mass is 32.2. The minimum absolute atomic E-state index is 0.280. The smallest absolute Gasteiger partial charge is 0.134 e. The van der Waals surface area contributed by atoms with Crippen LogP contribution in [0.3, 0.4) is 0 Å². The van der Waals surface area contributed by atoms with Gasteiger partial charge in [0.05, 0.1) is 6.04 Å². The molecule has 96 valence electrons. The van der Waals surface area contributed by atoms with E-state index in [9.17, 15) is 0 Å². The van der Waals surface area contributed by atoms with Crippen molar-refractivity contribution in [3.8, 4) is 0 Å². The lowest BCUT2D eigenvalue weighted by molar-refractivity contribution is 0.449. The minimum Gasteiger partial charge on any atom is -0.459 e. The maximum absolute atomic E-state index is 5.88. The van der Waals surface area contributed by atoms with E-state index in [1.165, 1.54) is 18.2 Å². The van der Waals surface area contributed by atoms with Gasteiger partial charge in [-0.15, -0.1) is 0 Å². The number of para-hydroxylation sites is 1. The molecule has 18 heavy (non-hydrogen) atoms. The lowest BCUT2D eigenvalue weighted by Gasteiger charge is -2.16. The van der Waals surface area contributed by atoms with E-state index in [1.54, 1.807) is 0 Å². The van der Waals surface area contributed by atoms with E-state index in [0.717, 1.165) is 17.9 Å². The Hall–Kier alpha value is -0.930. The van der Waals surface area contributed by atoms with E-state index in [4.69, 9.17) is 4.42 Å². The molecular weight excluding hydrogens is 242 g/mol. The molecule has 1 saturated carbocycles. The molecule has 2 aromatic rings. The summed E-state index contributed by atoms with van der Waals surface area (Å²) >= 11 is 1.99. The molecule has 2 nitrogen and oxygen atoms in total. The van der Waals surface area contributed by atoms with Crippen molar-refractivity contribution in [2.45, 2.75) is 30.6 Å². The van der Waals surface area contributed by atoms with Crippen LogP contribution in [0.15, 0.2) is 34.7 Å². The molecule has 1 fully saturated rings. The third-order valence-electron chi connectivity index (χ3n) is 3.84. The monoisotopic (exact) mass is 261 g/mol. The van der Waals surface area contributed by atoms with Gasteiger partial charge in [0.15, 0.2) is 0 Å². The van der Waals surface area contributed by atoms with Crippen LogP contribution in [0.25, 0.3) is 11.0 Å². The van der Waals surface area contributed by atoms with E-state index in [0.29, 0.717) is 4.75 Å². The molecule has 1 aromatic carbocycles. The predicted octanol–water partition coefficient (Wildman–Crippen LogP) is 3.98. The molecule has 1 N–H and O–H groups in total. The van der Waals surface area contributed by atoms with Crippen LogP contribution in [-0.4, -0.2) is 17.5 Å². The fourth-order valence-corrected chi connectivity index (χ4v) is 2.99. The molecule has 0 radical (unpaired) electrons. The summed E-state index contributed by atoms with van der Waals surface area (Å²) in [6.45, 7) is 3.25. The Morgan fingerprint density at radius 1 is 1.39 bits per heavy atom. The number of thioether (sulfide) groups is 1. The molecule has 3 rings (SSSR count). The molecule has 0 saturated heterocycles. The second-order valence-corrected chi connectivity index (χ2v) is 6.45. The van der Waals surface area contributed by atoms with Crippen molar-refractivity contribution < 1.29 is 4.42 Å². The molecule has 0 amide bonds. The first-order chi connectivity index (χ1) is 8.72. The Labute approximate surface area is 112 Å². The number of nitrogens with one attached hydrogen (secondary N) is 1. The fourth-order valence-electron chi connectivity index (χ4n) is 2.25. The average molecular weight is 261 g/mol. The van der Waals surface area contributed by atoms with E-state index in [-0.39, 0.29) is 6.04 Å². The SMILES string of the molecule is CSC1(CNC(C)c2cc3ccccc3o2)CC1. The Kier molecular flexibility index (Phi) is 3.12. The van der Waals surface area contributed by atoms with Gasteiger partial charge in [-0.25, -0.2) is 0 Å². The van der Waals surface area contributed by atoms with Gasteiger partial charge < -0.3 is 9.73 Å². The number of benzene rings is 1. The van der Waals surface area contributed by atoms with Gasteiger partial charge in [0.25, 0.3) is 0 Å². The maximum Gasteiger partial charge on any atom is 0.134 e. The standard InChI is InChI=1S/C15H19NOS/c1-11(16-10-15(18-2)7-8-15)14-9-12-5-3-4-6-13(12)17-14/h3-6,9,11,16H,7-8,10H2,1-2H3. The number of hydrogen-bond donors (Lipinski definition) is 1. The van der Waals surface area contributed by atoms with Gasteiger partial charge in [0.1, 0.15) is 11.3 Å². The first-order valence-corrected chi connectivity index (χ1v) is 7.72. The molecule has 1 aromatic heterocycles. The van der Waals surface area contributed by atoms with Gasteiger partial charge >= 0.3 is 0 Å². The highest BCUT2D eigenvalue weighted by molar-refractivity contribution is 8.00. The molecule has 1 aliphatic rings. The lowest BCUT2D eigenvalue weighted by Crippen LogP contribution is -2.28. The van der Waals surface area contributed by atoms with Gasteiger partial charge in [-0.2, -0.15) is 11.8 Å². The minimum atomic E-state index is 0.280. The van der Waals surface area contributed by atoms with Crippen molar-refractivity contribution in [2.75, 3.05) is 12.8 Å². The van der Waals surface area contributed by atoms with Crippen molar-refractivity contribution >= 4 is 22.7 Å². The average Bonchev–Trinajstić information content (AvgIpc) is 3.05. The Morgan fingerprint density at radius 2 is 2.17 bits per heavy atom. The number of furan rings is 1. The largest absolute Gasteiger partial charge is 0.459 e. The van der Waals surface area contributed by atoms with Crippen molar-refractivity contribution in [3.05, 3.63) is 36.1 Å². The van der Waals surface area contributed by atoms with E-state index in [2.05, 4.69) is 30.6 Å². The van der Waals surface area contributed by atoms with E-state index >= 15 is 0 Å². The second kappa shape index (κ2) is 4.63. The number of rotatable bonds is 5. The quantitative estimate of drug-likeness (QED) is 0.881. The zero-order valence-electron chi connectivity index (χ0n) is 10.9. The van der Waals surface area contributed by atoms with Gasteiger partial charge in [-0.05, 0) is 38.2 Å². The van der Waals surface area contributed by atoms with Crippen LogP contribution in [-0.2, 0) is 0 Å². The fraction of sp³-hybridized carbons (Fsp3) is 0.467. The molecule has 1 unspecified atom stereocenters. The first-order valence-electron chi connectivity index (χ1n) is 6.49. The maximum atomic E-state index is 5.88. The van der Waals surface area contributed by atoms with Crippen LogP contribution in [0.5, 0.6) is 0 Å². The van der Waals surface area contributed by atoms with Crippen LogP contribution in [0.2, 0.25) is 0 Å². The Bertz CT molecular complexity index is 511. The third-order valence-corrected chi connectivity index (χ3v) is 5.26. The highest BCUT2D eigenvalue weighted by Crippen LogP contribution is 2.46. The number of hydrogen-bond acceptors (Lipinski definition) is 3. The summed E-state index contributed by atoms with van der Waals surface area (Å²) in [6, 6.07) is 10.6. The van der Waals surface area contributed by atoms with Crippen LogP contribution in [0, 0.1) is 0 Å². The summed E-state index contributed by atoms with van der Waals surface area (Å²) in [5, 5.41) is 4.79. The molecule has 0 aliphatic heterocycles. The van der Waals surface area contributed by atoms with Crippen LogP contribution in [0.4, 0.5) is 0 Å². The Morgan fingerprint density at radius 3 is 2.83 bits per heavy atom. The molecule has 0 bridgehead atoms. The van der Waals surface area contributed by atoms with E-state index in [1.807, 2.05) is 30.0 Å². The molecule has 0 spiro atoms. The first kappa shape index (κ1) is 12.1. The molecule has 1 aliphatic carbocycles. The van der Waals surface area contributed by atoms with E-state index < -0.39 is 0 Å². The van der Waals surface area contributed by atoms with Crippen LogP contribution in [0.1, 0.15) is 31.6 Å².